The van der Waals surface area contributed by atoms with E-state index in [1.807, 2.05) is 79.7 Å². The molecule has 0 unspecified atom stereocenters. The Hall–Kier alpha value is -3.73. The predicted octanol–water partition coefficient (Wildman–Crippen LogP) is 5.11. The van der Waals surface area contributed by atoms with Gasteiger partial charge in [0.2, 0.25) is 0 Å². The van der Waals surface area contributed by atoms with Crippen molar-refractivity contribution in [2.45, 2.75) is 19.4 Å². The fourth-order valence-electron chi connectivity index (χ4n) is 4.18. The van der Waals surface area contributed by atoms with Gasteiger partial charge in [-0.05, 0) is 42.2 Å². The topological polar surface area (TPSA) is 59.0 Å². The summed E-state index contributed by atoms with van der Waals surface area (Å²) in [7, 11) is 3.21. The Balaban J connectivity index is 1.67. The molecular formula is C27H27NO4. The van der Waals surface area contributed by atoms with Crippen LogP contribution < -0.4 is 9.47 Å². The number of carbonyl (C=O) groups excluding carboxylic acids is 1. The third-order valence-corrected chi connectivity index (χ3v) is 5.87. The molecule has 1 heterocycles. The van der Waals surface area contributed by atoms with Crippen LogP contribution in [0.15, 0.2) is 78.6 Å². The van der Waals surface area contributed by atoms with Crippen molar-refractivity contribution in [1.29, 1.82) is 0 Å². The first-order chi connectivity index (χ1) is 15.5. The molecule has 5 nitrogen and oxygen atoms in total. The number of aryl methyl sites for hydroxylation is 1. The van der Waals surface area contributed by atoms with Crippen molar-refractivity contribution in [3.8, 4) is 11.5 Å². The van der Waals surface area contributed by atoms with Gasteiger partial charge in [0.05, 0.1) is 20.3 Å². The number of hydrogen-bond donors (Lipinski definition) is 1. The van der Waals surface area contributed by atoms with E-state index in [9.17, 15) is 9.90 Å². The number of hydrogen-bond acceptors (Lipinski definition) is 4. The van der Waals surface area contributed by atoms with Crippen molar-refractivity contribution < 1.29 is 19.4 Å². The molecule has 5 heteroatoms. The van der Waals surface area contributed by atoms with Crippen molar-refractivity contribution in [3.05, 3.63) is 101 Å². The number of ether oxygens (including phenoxy) is 2. The van der Waals surface area contributed by atoms with Gasteiger partial charge < -0.3 is 19.5 Å². The Morgan fingerprint density at radius 3 is 2.25 bits per heavy atom. The average molecular weight is 430 g/mol. The summed E-state index contributed by atoms with van der Waals surface area (Å²) in [4.78, 5) is 14.9. The van der Waals surface area contributed by atoms with Gasteiger partial charge in [-0.2, -0.15) is 0 Å². The molecule has 1 N–H and O–H groups in total. The predicted molar refractivity (Wildman–Crippen MR) is 125 cm³/mol. The van der Waals surface area contributed by atoms with Crippen molar-refractivity contribution >= 4 is 11.5 Å². The highest BCUT2D eigenvalue weighted by Gasteiger charge is 2.40. The number of carbonyl (C=O) groups is 1. The quantitative estimate of drug-likeness (QED) is 0.567. The minimum absolute atomic E-state index is 0.185. The van der Waals surface area contributed by atoms with E-state index in [2.05, 4.69) is 0 Å². The maximum absolute atomic E-state index is 13.2. The zero-order valence-corrected chi connectivity index (χ0v) is 18.5. The van der Waals surface area contributed by atoms with Crippen LogP contribution in [0.3, 0.4) is 0 Å². The second-order valence-electron chi connectivity index (χ2n) is 7.88. The van der Waals surface area contributed by atoms with Crippen LogP contribution >= 0.6 is 0 Å². The lowest BCUT2D eigenvalue weighted by Crippen LogP contribution is -2.32. The molecule has 0 bridgehead atoms. The number of aliphatic hydroxyl groups is 1. The highest BCUT2D eigenvalue weighted by Crippen LogP contribution is 2.43. The van der Waals surface area contributed by atoms with Gasteiger partial charge in [0.25, 0.3) is 5.91 Å². The molecule has 0 aliphatic carbocycles. The van der Waals surface area contributed by atoms with Gasteiger partial charge in [-0.25, -0.2) is 0 Å². The first-order valence-corrected chi connectivity index (χ1v) is 10.6. The molecule has 1 atom stereocenters. The lowest BCUT2D eigenvalue weighted by atomic mass is 9.93. The number of benzene rings is 3. The average Bonchev–Trinajstić information content (AvgIpc) is 3.08. The summed E-state index contributed by atoms with van der Waals surface area (Å²) in [5.41, 5.74) is 4.61. The maximum atomic E-state index is 13.2. The molecule has 1 aliphatic heterocycles. The Labute approximate surface area is 188 Å². The van der Waals surface area contributed by atoms with Crippen LogP contribution in [-0.2, 0) is 11.2 Å². The minimum Gasteiger partial charge on any atom is -0.503 e. The normalized spacial score (nSPS) is 15.9. The molecule has 32 heavy (non-hydrogen) atoms. The SMILES string of the molecule is COc1ccc(CCN2C(=O)C(O)=C(c3ccc(C)cc3)[C@H]2c2ccccc2)cc1OC. The molecule has 1 aliphatic rings. The fourth-order valence-corrected chi connectivity index (χ4v) is 4.18. The van der Waals surface area contributed by atoms with Crippen LogP contribution in [0.1, 0.15) is 28.3 Å². The van der Waals surface area contributed by atoms with Gasteiger partial charge in [-0.3, -0.25) is 4.79 Å². The van der Waals surface area contributed by atoms with Gasteiger partial charge in [-0.15, -0.1) is 0 Å². The largest absolute Gasteiger partial charge is 0.503 e. The maximum Gasteiger partial charge on any atom is 0.289 e. The highest BCUT2D eigenvalue weighted by molar-refractivity contribution is 6.05. The Bertz CT molecular complexity index is 1140. The zero-order valence-electron chi connectivity index (χ0n) is 18.5. The number of nitrogens with zero attached hydrogens (tertiary/aromatic N) is 1. The van der Waals surface area contributed by atoms with Gasteiger partial charge in [0.1, 0.15) is 0 Å². The van der Waals surface area contributed by atoms with Crippen LogP contribution in [-0.4, -0.2) is 36.7 Å². The van der Waals surface area contributed by atoms with E-state index in [0.29, 0.717) is 30.0 Å². The summed E-state index contributed by atoms with van der Waals surface area (Å²) in [5, 5.41) is 10.9. The summed E-state index contributed by atoms with van der Waals surface area (Å²) < 4.78 is 10.7. The van der Waals surface area contributed by atoms with Crippen molar-refractivity contribution in [3.63, 3.8) is 0 Å². The summed E-state index contributed by atoms with van der Waals surface area (Å²) in [5.74, 6) is 0.778. The van der Waals surface area contributed by atoms with E-state index < -0.39 is 0 Å². The van der Waals surface area contributed by atoms with E-state index >= 15 is 0 Å². The van der Waals surface area contributed by atoms with Gasteiger partial charge in [-0.1, -0.05) is 66.2 Å². The minimum atomic E-state index is -0.355. The monoisotopic (exact) mass is 429 g/mol. The Morgan fingerprint density at radius 1 is 0.906 bits per heavy atom. The molecule has 164 valence electrons. The molecule has 0 fully saturated rings. The molecule has 0 radical (unpaired) electrons. The zero-order chi connectivity index (χ0) is 22.7. The van der Waals surface area contributed by atoms with Crippen LogP contribution in [0.5, 0.6) is 11.5 Å². The first-order valence-electron chi connectivity index (χ1n) is 10.6. The molecule has 3 aromatic rings. The molecule has 1 amide bonds. The smallest absolute Gasteiger partial charge is 0.289 e. The van der Waals surface area contributed by atoms with Crippen LogP contribution in [0.4, 0.5) is 0 Å². The number of methoxy groups -OCH3 is 2. The molecule has 0 spiro atoms. The summed E-state index contributed by atoms with van der Waals surface area (Å²) in [6, 6.07) is 23.1. The van der Waals surface area contributed by atoms with E-state index in [4.69, 9.17) is 9.47 Å². The third kappa shape index (κ3) is 4.06. The Kier molecular flexibility index (Phi) is 6.17. The van der Waals surface area contributed by atoms with E-state index in [1.54, 1.807) is 19.1 Å². The molecule has 3 aromatic carbocycles. The lowest BCUT2D eigenvalue weighted by molar-refractivity contribution is -0.129. The van der Waals surface area contributed by atoms with E-state index in [-0.39, 0.29) is 17.7 Å². The van der Waals surface area contributed by atoms with Crippen molar-refractivity contribution in [1.82, 2.24) is 4.90 Å². The van der Waals surface area contributed by atoms with Crippen molar-refractivity contribution in [2.75, 3.05) is 20.8 Å². The second-order valence-corrected chi connectivity index (χ2v) is 7.88. The molecule has 0 saturated heterocycles. The van der Waals surface area contributed by atoms with Crippen LogP contribution in [0, 0.1) is 6.92 Å². The first kappa shape index (κ1) is 21.5. The second kappa shape index (κ2) is 9.18. The number of amides is 1. The number of aliphatic hydroxyl groups excluding tert-OH is 1. The van der Waals surface area contributed by atoms with Crippen LogP contribution in [0.2, 0.25) is 0 Å². The molecule has 0 saturated carbocycles. The molecular weight excluding hydrogens is 402 g/mol. The van der Waals surface area contributed by atoms with Crippen molar-refractivity contribution in [2.24, 2.45) is 0 Å². The standard InChI is InChI=1S/C27H27NO4/c1-18-9-12-20(13-10-18)24-25(21-7-5-4-6-8-21)28(27(30)26(24)29)16-15-19-11-14-22(31-2)23(17-19)32-3/h4-14,17,25,29H,15-16H2,1-3H3/t25-/m1/s1. The van der Waals surface area contributed by atoms with Gasteiger partial charge in [0.15, 0.2) is 17.3 Å². The van der Waals surface area contributed by atoms with Crippen LogP contribution in [0.25, 0.3) is 5.57 Å². The fraction of sp³-hybridized carbons (Fsp3) is 0.222. The van der Waals surface area contributed by atoms with E-state index in [0.717, 1.165) is 22.3 Å². The summed E-state index contributed by atoms with van der Waals surface area (Å²) >= 11 is 0. The summed E-state index contributed by atoms with van der Waals surface area (Å²) in [6.45, 7) is 2.47. The molecule has 4 rings (SSSR count). The lowest BCUT2D eigenvalue weighted by Gasteiger charge is -2.27. The third-order valence-electron chi connectivity index (χ3n) is 5.87. The van der Waals surface area contributed by atoms with Gasteiger partial charge >= 0.3 is 0 Å². The van der Waals surface area contributed by atoms with E-state index in [1.165, 1.54) is 0 Å². The highest BCUT2D eigenvalue weighted by atomic mass is 16.5. The summed E-state index contributed by atoms with van der Waals surface area (Å²) in [6.07, 6.45) is 0.615. The number of rotatable bonds is 7. The van der Waals surface area contributed by atoms with Gasteiger partial charge in [0, 0.05) is 12.1 Å². The molecule has 0 aromatic heterocycles. The Morgan fingerprint density at radius 2 is 1.59 bits per heavy atom.